The molecule has 2 N–H and O–H groups in total. The number of amides is 1. The van der Waals surface area contributed by atoms with Crippen LogP contribution in [0.15, 0.2) is 42.5 Å². The van der Waals surface area contributed by atoms with Crippen molar-refractivity contribution in [2.24, 2.45) is 0 Å². The molecule has 2 aromatic rings. The van der Waals surface area contributed by atoms with Gasteiger partial charge in [0.05, 0.1) is 12.5 Å². The molecule has 0 bridgehead atoms. The fourth-order valence-electron chi connectivity index (χ4n) is 2.33. The Morgan fingerprint density at radius 2 is 1.90 bits per heavy atom. The van der Waals surface area contributed by atoms with Crippen molar-refractivity contribution in [1.29, 1.82) is 0 Å². The summed E-state index contributed by atoms with van der Waals surface area (Å²) in [6.45, 7) is -0.0963. The van der Waals surface area contributed by atoms with Crippen LogP contribution in [-0.4, -0.2) is 30.7 Å². The Balaban J connectivity index is 2.38. The van der Waals surface area contributed by atoms with E-state index in [0.29, 0.717) is 0 Å². The van der Waals surface area contributed by atoms with Gasteiger partial charge in [0.25, 0.3) is 0 Å². The average Bonchev–Trinajstić information content (AvgIpc) is 2.46. The van der Waals surface area contributed by atoms with E-state index >= 15 is 0 Å². The first-order valence-electron chi connectivity index (χ1n) is 6.59. The molecule has 2 rings (SSSR count). The number of rotatable bonds is 6. The monoisotopic (exact) mass is 287 g/mol. The Morgan fingerprint density at radius 1 is 1.19 bits per heavy atom. The molecule has 21 heavy (non-hydrogen) atoms. The molecule has 5 nitrogen and oxygen atoms in total. The SMILES string of the molecule is COCC(=O)N[C@H](CC(=O)O)c1cccc2ccccc12. The molecular formula is C16H17NO4. The van der Waals surface area contributed by atoms with E-state index in [2.05, 4.69) is 5.32 Å². The predicted molar refractivity (Wildman–Crippen MR) is 79.0 cm³/mol. The third-order valence-electron chi connectivity index (χ3n) is 3.19. The highest BCUT2D eigenvalue weighted by Crippen LogP contribution is 2.26. The van der Waals surface area contributed by atoms with E-state index in [0.717, 1.165) is 16.3 Å². The molecule has 0 heterocycles. The van der Waals surface area contributed by atoms with Crippen molar-refractivity contribution in [3.05, 3.63) is 48.0 Å². The topological polar surface area (TPSA) is 75.6 Å². The highest BCUT2D eigenvalue weighted by molar-refractivity contribution is 5.87. The summed E-state index contributed by atoms with van der Waals surface area (Å²) in [4.78, 5) is 22.8. The van der Waals surface area contributed by atoms with Crippen LogP contribution in [0.25, 0.3) is 10.8 Å². The van der Waals surface area contributed by atoms with Gasteiger partial charge in [-0.05, 0) is 16.3 Å². The smallest absolute Gasteiger partial charge is 0.305 e. The lowest BCUT2D eigenvalue weighted by Gasteiger charge is -2.19. The first-order valence-corrected chi connectivity index (χ1v) is 6.59. The molecule has 0 saturated carbocycles. The standard InChI is InChI=1S/C16H17NO4/c1-21-10-15(18)17-14(9-16(19)20)13-8-4-6-11-5-2-3-7-12(11)13/h2-8,14H,9-10H2,1H3,(H,17,18)(H,19,20)/t14-/m1/s1. The van der Waals surface area contributed by atoms with Crippen LogP contribution in [-0.2, 0) is 14.3 Å². The maximum atomic E-state index is 11.7. The van der Waals surface area contributed by atoms with Gasteiger partial charge in [-0.3, -0.25) is 9.59 Å². The van der Waals surface area contributed by atoms with Crippen LogP contribution in [0.5, 0.6) is 0 Å². The van der Waals surface area contributed by atoms with Gasteiger partial charge in [-0.1, -0.05) is 42.5 Å². The molecule has 0 spiro atoms. The van der Waals surface area contributed by atoms with Gasteiger partial charge in [0.15, 0.2) is 0 Å². The molecule has 0 unspecified atom stereocenters. The zero-order chi connectivity index (χ0) is 15.2. The number of benzene rings is 2. The summed E-state index contributed by atoms with van der Waals surface area (Å²) >= 11 is 0. The molecule has 2 aromatic carbocycles. The van der Waals surface area contributed by atoms with Gasteiger partial charge in [0.2, 0.25) is 5.91 Å². The number of carbonyl (C=O) groups excluding carboxylic acids is 1. The highest BCUT2D eigenvalue weighted by atomic mass is 16.5. The van der Waals surface area contributed by atoms with E-state index in [1.165, 1.54) is 7.11 Å². The van der Waals surface area contributed by atoms with Crippen LogP contribution in [0.4, 0.5) is 0 Å². The summed E-state index contributed by atoms with van der Waals surface area (Å²) in [5, 5.41) is 13.7. The van der Waals surface area contributed by atoms with Crippen molar-refractivity contribution < 1.29 is 19.4 Å². The Hall–Kier alpha value is -2.40. The minimum Gasteiger partial charge on any atom is -0.481 e. The second-order valence-corrected chi connectivity index (χ2v) is 4.72. The largest absolute Gasteiger partial charge is 0.481 e. The first-order chi connectivity index (χ1) is 10.1. The van der Waals surface area contributed by atoms with Crippen LogP contribution in [0.1, 0.15) is 18.0 Å². The molecule has 0 aliphatic carbocycles. The number of ether oxygens (including phenoxy) is 1. The maximum absolute atomic E-state index is 11.7. The second-order valence-electron chi connectivity index (χ2n) is 4.72. The Morgan fingerprint density at radius 3 is 2.62 bits per heavy atom. The molecule has 1 atom stereocenters. The third kappa shape index (κ3) is 3.79. The van der Waals surface area contributed by atoms with Crippen LogP contribution in [0, 0.1) is 0 Å². The van der Waals surface area contributed by atoms with Gasteiger partial charge in [-0.15, -0.1) is 0 Å². The van der Waals surface area contributed by atoms with Crippen LogP contribution in [0.3, 0.4) is 0 Å². The van der Waals surface area contributed by atoms with E-state index in [9.17, 15) is 9.59 Å². The minimum atomic E-state index is -0.967. The molecule has 0 aliphatic heterocycles. The minimum absolute atomic E-state index is 0.0963. The number of hydrogen-bond donors (Lipinski definition) is 2. The van der Waals surface area contributed by atoms with E-state index in [1.807, 2.05) is 42.5 Å². The molecule has 0 aromatic heterocycles. The van der Waals surface area contributed by atoms with Crippen LogP contribution >= 0.6 is 0 Å². The van der Waals surface area contributed by atoms with E-state index in [1.54, 1.807) is 0 Å². The fourth-order valence-corrected chi connectivity index (χ4v) is 2.33. The third-order valence-corrected chi connectivity index (χ3v) is 3.19. The lowest BCUT2D eigenvalue weighted by atomic mass is 9.96. The maximum Gasteiger partial charge on any atom is 0.305 e. The van der Waals surface area contributed by atoms with Crippen molar-refractivity contribution in [1.82, 2.24) is 5.32 Å². The molecule has 0 aliphatic rings. The van der Waals surface area contributed by atoms with Crippen molar-refractivity contribution in [3.8, 4) is 0 Å². The molecule has 0 radical (unpaired) electrons. The predicted octanol–water partition coefficient (Wildman–Crippen LogP) is 2.12. The van der Waals surface area contributed by atoms with Crippen LogP contribution < -0.4 is 5.32 Å². The summed E-state index contributed by atoms with van der Waals surface area (Å²) in [5.74, 6) is -1.30. The molecule has 5 heteroatoms. The number of methoxy groups -OCH3 is 1. The van der Waals surface area contributed by atoms with Gasteiger partial charge in [-0.25, -0.2) is 0 Å². The van der Waals surface area contributed by atoms with Gasteiger partial charge >= 0.3 is 5.97 Å². The van der Waals surface area contributed by atoms with Gasteiger partial charge in [-0.2, -0.15) is 0 Å². The fraction of sp³-hybridized carbons (Fsp3) is 0.250. The van der Waals surface area contributed by atoms with E-state index in [-0.39, 0.29) is 18.9 Å². The van der Waals surface area contributed by atoms with Gasteiger partial charge in [0.1, 0.15) is 6.61 Å². The number of aliphatic carboxylic acids is 1. The lowest BCUT2D eigenvalue weighted by molar-refractivity contribution is -0.137. The van der Waals surface area contributed by atoms with E-state index in [4.69, 9.17) is 9.84 Å². The number of fused-ring (bicyclic) bond motifs is 1. The Labute approximate surface area is 122 Å². The zero-order valence-electron chi connectivity index (χ0n) is 11.7. The van der Waals surface area contributed by atoms with Gasteiger partial charge in [0, 0.05) is 7.11 Å². The lowest BCUT2D eigenvalue weighted by Crippen LogP contribution is -2.32. The summed E-state index contributed by atoms with van der Waals surface area (Å²) < 4.78 is 4.77. The first kappa shape index (κ1) is 15.0. The van der Waals surface area contributed by atoms with Crippen molar-refractivity contribution >= 4 is 22.6 Å². The van der Waals surface area contributed by atoms with Crippen molar-refractivity contribution in [2.45, 2.75) is 12.5 Å². The molecule has 110 valence electrons. The number of carbonyl (C=O) groups is 2. The zero-order valence-corrected chi connectivity index (χ0v) is 11.7. The van der Waals surface area contributed by atoms with Crippen molar-refractivity contribution in [3.63, 3.8) is 0 Å². The van der Waals surface area contributed by atoms with Gasteiger partial charge < -0.3 is 15.2 Å². The quantitative estimate of drug-likeness (QED) is 0.853. The molecular weight excluding hydrogens is 270 g/mol. The summed E-state index contributed by atoms with van der Waals surface area (Å²) in [6.07, 6.45) is -0.177. The average molecular weight is 287 g/mol. The normalized spacial score (nSPS) is 12.0. The van der Waals surface area contributed by atoms with E-state index < -0.39 is 12.0 Å². The number of carboxylic acid groups (broad SMARTS) is 1. The Kier molecular flexibility index (Phi) is 4.90. The highest BCUT2D eigenvalue weighted by Gasteiger charge is 2.19. The molecule has 0 fully saturated rings. The molecule has 0 saturated heterocycles. The van der Waals surface area contributed by atoms with Crippen molar-refractivity contribution in [2.75, 3.05) is 13.7 Å². The number of nitrogens with one attached hydrogen (secondary N) is 1. The second kappa shape index (κ2) is 6.85. The number of carboxylic acids is 1. The van der Waals surface area contributed by atoms with Crippen LogP contribution in [0.2, 0.25) is 0 Å². The Bertz CT molecular complexity index is 648. The number of hydrogen-bond acceptors (Lipinski definition) is 3. The summed E-state index contributed by atoms with van der Waals surface area (Å²) in [6, 6.07) is 12.7. The summed E-state index contributed by atoms with van der Waals surface area (Å²) in [7, 11) is 1.42. The molecule has 1 amide bonds. The summed E-state index contributed by atoms with van der Waals surface area (Å²) in [5.41, 5.74) is 0.792.